The fourth-order valence-electron chi connectivity index (χ4n) is 3.81. The molecular weight excluding hydrogens is 438 g/mol. The number of amides is 3. The number of carbonyl (C=O) groups is 2. The maximum atomic E-state index is 13.3. The molecule has 0 aliphatic carbocycles. The minimum absolute atomic E-state index is 0.0474. The quantitative estimate of drug-likeness (QED) is 0.438. The third-order valence-corrected chi connectivity index (χ3v) is 5.54. The Hall–Kier alpha value is -3.61. The Morgan fingerprint density at radius 2 is 1.66 bits per heavy atom. The van der Waals surface area contributed by atoms with Crippen molar-refractivity contribution in [1.82, 2.24) is 20.0 Å². The van der Waals surface area contributed by atoms with Gasteiger partial charge < -0.3 is 15.5 Å². The summed E-state index contributed by atoms with van der Waals surface area (Å²) in [5, 5.41) is 10.8. The van der Waals surface area contributed by atoms with E-state index in [4.69, 9.17) is 5.10 Å². The van der Waals surface area contributed by atoms with Gasteiger partial charge in [-0.25, -0.2) is 9.48 Å². The number of aromatic nitrogens is 2. The number of carbonyl (C=O) groups excluding carboxylic acids is 2. The Morgan fingerprint density at radius 3 is 2.26 bits per heavy atom. The molecule has 3 aromatic rings. The molecule has 3 rings (SSSR count). The highest BCUT2D eigenvalue weighted by molar-refractivity contribution is 5.97. The van der Waals surface area contributed by atoms with Crippen molar-refractivity contribution in [1.29, 1.82) is 0 Å². The summed E-state index contributed by atoms with van der Waals surface area (Å²) >= 11 is 0. The number of aryl methyl sites for hydroxylation is 2. The van der Waals surface area contributed by atoms with E-state index in [0.29, 0.717) is 12.4 Å². The summed E-state index contributed by atoms with van der Waals surface area (Å²) in [5.74, 6) is 0.324. The van der Waals surface area contributed by atoms with Crippen LogP contribution >= 0.6 is 0 Å². The Balaban J connectivity index is 1.95. The van der Waals surface area contributed by atoms with Gasteiger partial charge in [-0.2, -0.15) is 5.10 Å². The van der Waals surface area contributed by atoms with Gasteiger partial charge in [0.2, 0.25) is 5.91 Å². The molecule has 2 N–H and O–H groups in total. The van der Waals surface area contributed by atoms with Gasteiger partial charge in [-0.15, -0.1) is 0 Å². The number of nitrogens with zero attached hydrogens (tertiary/aromatic N) is 3. The van der Waals surface area contributed by atoms with Crippen LogP contribution in [0.3, 0.4) is 0 Å². The fraction of sp³-hybridized carbons (Fsp3) is 0.393. The molecule has 0 unspecified atom stereocenters. The highest BCUT2D eigenvalue weighted by atomic mass is 16.2. The van der Waals surface area contributed by atoms with E-state index in [1.807, 2.05) is 89.2 Å². The molecule has 1 heterocycles. The van der Waals surface area contributed by atoms with E-state index in [0.717, 1.165) is 40.9 Å². The first-order valence-electron chi connectivity index (χ1n) is 12.2. The van der Waals surface area contributed by atoms with Gasteiger partial charge >= 0.3 is 6.03 Å². The largest absolute Gasteiger partial charge is 0.333 e. The van der Waals surface area contributed by atoms with Gasteiger partial charge in [0.1, 0.15) is 12.4 Å². The second kappa shape index (κ2) is 11.2. The van der Waals surface area contributed by atoms with Gasteiger partial charge in [0.25, 0.3) is 0 Å². The Kier molecular flexibility index (Phi) is 8.33. The lowest BCUT2D eigenvalue weighted by molar-refractivity contribution is -0.116. The smallest absolute Gasteiger partial charge is 0.318 e. The number of unbranched alkanes of at least 4 members (excludes halogenated alkanes) is 1. The molecule has 0 atom stereocenters. The average molecular weight is 476 g/mol. The molecular formula is C28H37N5O2. The number of hydrogen-bond acceptors (Lipinski definition) is 3. The van der Waals surface area contributed by atoms with Gasteiger partial charge in [0.15, 0.2) is 0 Å². The highest BCUT2D eigenvalue weighted by Crippen LogP contribution is 2.33. The van der Waals surface area contributed by atoms with Crippen LogP contribution in [0, 0.1) is 13.8 Å². The second-order valence-electron chi connectivity index (χ2n) is 9.93. The average Bonchev–Trinajstić information content (AvgIpc) is 3.12. The molecule has 0 spiro atoms. The van der Waals surface area contributed by atoms with E-state index in [-0.39, 0.29) is 24.0 Å². The molecule has 0 saturated carbocycles. The minimum Gasteiger partial charge on any atom is -0.333 e. The summed E-state index contributed by atoms with van der Waals surface area (Å²) < 4.78 is 1.76. The van der Waals surface area contributed by atoms with Crippen LogP contribution in [0.15, 0.2) is 54.6 Å². The van der Waals surface area contributed by atoms with E-state index in [1.165, 1.54) is 0 Å². The van der Waals surface area contributed by atoms with Crippen molar-refractivity contribution in [3.8, 4) is 16.8 Å². The minimum atomic E-state index is -0.389. The predicted molar refractivity (Wildman–Crippen MR) is 142 cm³/mol. The lowest BCUT2D eigenvalue weighted by Gasteiger charge is -2.28. The number of benzene rings is 2. The summed E-state index contributed by atoms with van der Waals surface area (Å²) in [7, 11) is 0. The topological polar surface area (TPSA) is 79.3 Å². The maximum absolute atomic E-state index is 13.3. The Morgan fingerprint density at radius 1 is 1.00 bits per heavy atom. The van der Waals surface area contributed by atoms with Crippen molar-refractivity contribution in [3.05, 3.63) is 65.9 Å². The molecule has 7 nitrogen and oxygen atoms in total. The summed E-state index contributed by atoms with van der Waals surface area (Å²) in [6, 6.07) is 17.7. The van der Waals surface area contributed by atoms with E-state index < -0.39 is 0 Å². The standard InChI is InChI=1S/C28H37N5O2/c1-7-8-18-32(27(35)30-28(4,5)6)19-24(34)29-26-25(22-12-10-9-11-13-22)21(3)31-33(26)23-16-14-20(2)15-17-23/h9-17H,7-8,18-19H2,1-6H3,(H,29,34)(H,30,35). The van der Waals surface area contributed by atoms with Crippen LogP contribution in [-0.4, -0.2) is 45.2 Å². The molecule has 0 saturated heterocycles. The summed E-state index contributed by atoms with van der Waals surface area (Å²) in [6.07, 6.45) is 1.75. The van der Waals surface area contributed by atoms with Crippen molar-refractivity contribution >= 4 is 17.8 Å². The third kappa shape index (κ3) is 6.94. The van der Waals surface area contributed by atoms with Crippen molar-refractivity contribution in [2.24, 2.45) is 0 Å². The van der Waals surface area contributed by atoms with Crippen molar-refractivity contribution < 1.29 is 9.59 Å². The van der Waals surface area contributed by atoms with Crippen LogP contribution in [0.25, 0.3) is 16.8 Å². The van der Waals surface area contributed by atoms with Crippen molar-refractivity contribution in [2.75, 3.05) is 18.4 Å². The zero-order chi connectivity index (χ0) is 25.6. The molecule has 3 amide bonds. The van der Waals surface area contributed by atoms with Gasteiger partial charge in [-0.1, -0.05) is 61.4 Å². The molecule has 186 valence electrons. The SMILES string of the molecule is CCCCN(CC(=O)Nc1c(-c2ccccc2)c(C)nn1-c1ccc(C)cc1)C(=O)NC(C)(C)C. The Labute approximate surface area is 208 Å². The maximum Gasteiger partial charge on any atom is 0.318 e. The van der Waals surface area contributed by atoms with Crippen LogP contribution in [0.4, 0.5) is 10.6 Å². The van der Waals surface area contributed by atoms with Crippen molar-refractivity contribution in [2.45, 2.75) is 59.9 Å². The van der Waals surface area contributed by atoms with Gasteiger partial charge in [0, 0.05) is 17.6 Å². The monoisotopic (exact) mass is 475 g/mol. The molecule has 0 radical (unpaired) electrons. The normalized spacial score (nSPS) is 11.3. The number of nitrogens with one attached hydrogen (secondary N) is 2. The lowest BCUT2D eigenvalue weighted by Crippen LogP contribution is -2.50. The molecule has 0 aliphatic heterocycles. The zero-order valence-corrected chi connectivity index (χ0v) is 21.7. The molecule has 0 aliphatic rings. The van der Waals surface area contributed by atoms with Crippen molar-refractivity contribution in [3.63, 3.8) is 0 Å². The van der Waals surface area contributed by atoms with Crippen LogP contribution < -0.4 is 10.6 Å². The van der Waals surface area contributed by atoms with E-state index in [9.17, 15) is 9.59 Å². The molecule has 0 fully saturated rings. The number of rotatable bonds is 8. The molecule has 7 heteroatoms. The molecule has 35 heavy (non-hydrogen) atoms. The van der Waals surface area contributed by atoms with Gasteiger partial charge in [0.05, 0.1) is 11.4 Å². The Bertz CT molecular complexity index is 1140. The van der Waals surface area contributed by atoms with E-state index in [1.54, 1.807) is 9.58 Å². The predicted octanol–water partition coefficient (Wildman–Crippen LogP) is 5.70. The first kappa shape index (κ1) is 26.0. The van der Waals surface area contributed by atoms with Crippen LogP contribution in [0.5, 0.6) is 0 Å². The summed E-state index contributed by atoms with van der Waals surface area (Å²) in [5.41, 5.74) is 4.23. The molecule has 1 aromatic heterocycles. The number of anilines is 1. The fourth-order valence-corrected chi connectivity index (χ4v) is 3.81. The zero-order valence-electron chi connectivity index (χ0n) is 21.7. The number of urea groups is 1. The lowest BCUT2D eigenvalue weighted by atomic mass is 10.1. The van der Waals surface area contributed by atoms with E-state index >= 15 is 0 Å². The van der Waals surface area contributed by atoms with Crippen LogP contribution in [0.1, 0.15) is 51.8 Å². The molecule has 0 bridgehead atoms. The van der Waals surface area contributed by atoms with E-state index in [2.05, 4.69) is 17.6 Å². The molecule has 2 aromatic carbocycles. The summed E-state index contributed by atoms with van der Waals surface area (Å²) in [6.45, 7) is 12.3. The van der Waals surface area contributed by atoms with Gasteiger partial charge in [-0.3, -0.25) is 4.79 Å². The highest BCUT2D eigenvalue weighted by Gasteiger charge is 2.24. The second-order valence-corrected chi connectivity index (χ2v) is 9.93. The number of hydrogen-bond donors (Lipinski definition) is 2. The first-order chi connectivity index (χ1) is 16.6. The van der Waals surface area contributed by atoms with Gasteiger partial charge in [-0.05, 0) is 58.7 Å². The van der Waals surface area contributed by atoms with Crippen LogP contribution in [0.2, 0.25) is 0 Å². The van der Waals surface area contributed by atoms with Crippen LogP contribution in [-0.2, 0) is 4.79 Å². The third-order valence-electron chi connectivity index (χ3n) is 5.54. The first-order valence-corrected chi connectivity index (χ1v) is 12.2. The summed E-state index contributed by atoms with van der Waals surface area (Å²) in [4.78, 5) is 27.8.